The van der Waals surface area contributed by atoms with Crippen molar-refractivity contribution in [3.8, 4) is 11.5 Å². The predicted octanol–water partition coefficient (Wildman–Crippen LogP) is 1.99. The molecule has 2 aliphatic rings. The lowest BCUT2D eigenvalue weighted by atomic mass is 9.73. The van der Waals surface area contributed by atoms with E-state index in [4.69, 9.17) is 9.84 Å². The Labute approximate surface area is 155 Å². The molecular weight excluding hydrogens is 332 g/mol. The van der Waals surface area contributed by atoms with Gasteiger partial charge in [-0.15, -0.1) is 0 Å². The topological polar surface area (TPSA) is 73.2 Å². The van der Waals surface area contributed by atoms with Gasteiger partial charge in [-0.05, 0) is 50.4 Å². The smallest absolute Gasteiger partial charge is 0.222 e. The van der Waals surface area contributed by atoms with Crippen molar-refractivity contribution in [2.24, 2.45) is 5.41 Å². The van der Waals surface area contributed by atoms with Crippen LogP contribution in [0.2, 0.25) is 0 Å². The molecule has 1 spiro atoms. The Balaban J connectivity index is 1.69. The minimum Gasteiger partial charge on any atom is -0.508 e. The van der Waals surface area contributed by atoms with Crippen LogP contribution in [0.25, 0.3) is 0 Å². The van der Waals surface area contributed by atoms with E-state index in [9.17, 15) is 9.90 Å². The fourth-order valence-electron chi connectivity index (χ4n) is 4.48. The number of methoxy groups -OCH3 is 1. The molecule has 1 amide bonds. The molecular formula is C20H30N2O4. The molecule has 2 N–H and O–H groups in total. The van der Waals surface area contributed by atoms with Crippen LogP contribution in [0.3, 0.4) is 0 Å². The summed E-state index contributed by atoms with van der Waals surface area (Å²) in [6.07, 6.45) is 4.45. The van der Waals surface area contributed by atoms with Gasteiger partial charge in [0.05, 0.1) is 7.11 Å². The second kappa shape index (κ2) is 8.27. The van der Waals surface area contributed by atoms with E-state index in [1.807, 2.05) is 4.90 Å². The van der Waals surface area contributed by atoms with E-state index in [0.717, 1.165) is 56.8 Å². The number of likely N-dealkylation sites (tertiary alicyclic amines) is 2. The van der Waals surface area contributed by atoms with E-state index < -0.39 is 0 Å². The molecule has 6 heteroatoms. The van der Waals surface area contributed by atoms with Gasteiger partial charge >= 0.3 is 0 Å². The molecule has 2 aliphatic heterocycles. The Morgan fingerprint density at radius 1 is 1.27 bits per heavy atom. The molecule has 2 saturated heterocycles. The van der Waals surface area contributed by atoms with Gasteiger partial charge in [-0.2, -0.15) is 0 Å². The van der Waals surface area contributed by atoms with Crippen LogP contribution in [-0.2, 0) is 11.3 Å². The molecule has 144 valence electrons. The number of hydrogen-bond donors (Lipinski definition) is 2. The summed E-state index contributed by atoms with van der Waals surface area (Å²) in [5.74, 6) is 1.27. The van der Waals surface area contributed by atoms with E-state index in [-0.39, 0.29) is 23.7 Å². The summed E-state index contributed by atoms with van der Waals surface area (Å²) in [6.45, 7) is 4.28. The number of aromatic hydroxyl groups is 1. The quantitative estimate of drug-likeness (QED) is 0.810. The summed E-state index contributed by atoms with van der Waals surface area (Å²) in [5, 5.41) is 18.9. The van der Waals surface area contributed by atoms with Crippen LogP contribution in [0.5, 0.6) is 11.5 Å². The van der Waals surface area contributed by atoms with E-state index in [1.165, 1.54) is 0 Å². The highest BCUT2D eigenvalue weighted by atomic mass is 16.5. The average molecular weight is 362 g/mol. The fraction of sp³-hybridized carbons (Fsp3) is 0.650. The van der Waals surface area contributed by atoms with Crippen molar-refractivity contribution in [2.75, 3.05) is 39.9 Å². The van der Waals surface area contributed by atoms with Gasteiger partial charge in [-0.3, -0.25) is 9.69 Å². The van der Waals surface area contributed by atoms with Gasteiger partial charge in [-0.1, -0.05) is 0 Å². The predicted molar refractivity (Wildman–Crippen MR) is 99.1 cm³/mol. The molecule has 26 heavy (non-hydrogen) atoms. The number of hydrogen-bond acceptors (Lipinski definition) is 5. The number of benzene rings is 1. The minimum atomic E-state index is 0.125. The molecule has 0 aliphatic carbocycles. The van der Waals surface area contributed by atoms with Crippen LogP contribution >= 0.6 is 0 Å². The van der Waals surface area contributed by atoms with Crippen LogP contribution in [0, 0.1) is 5.41 Å². The fourth-order valence-corrected chi connectivity index (χ4v) is 4.48. The summed E-state index contributed by atoms with van der Waals surface area (Å²) in [6, 6.07) is 5.23. The molecule has 0 aromatic heterocycles. The van der Waals surface area contributed by atoms with E-state index in [2.05, 4.69) is 4.90 Å². The molecule has 0 radical (unpaired) electrons. The Bertz CT molecular complexity index is 636. The van der Waals surface area contributed by atoms with Crippen LogP contribution in [0.1, 0.15) is 37.7 Å². The second-order valence-electron chi connectivity index (χ2n) is 7.70. The Morgan fingerprint density at radius 3 is 2.88 bits per heavy atom. The first-order valence-corrected chi connectivity index (χ1v) is 9.52. The maximum atomic E-state index is 12.2. The highest BCUT2D eigenvalue weighted by Gasteiger charge is 2.41. The number of aliphatic hydroxyl groups excluding tert-OH is 1. The Morgan fingerprint density at radius 2 is 2.12 bits per heavy atom. The third-order valence-corrected chi connectivity index (χ3v) is 5.73. The lowest BCUT2D eigenvalue weighted by Crippen LogP contribution is -2.54. The number of ether oxygens (including phenoxy) is 1. The number of rotatable bonds is 6. The standard InChI is InChI=1S/C20H30N2O4/c1-26-18-5-4-17(24)12-16(18)13-21-9-2-7-20(14-21)8-6-19(25)22(15-20)10-3-11-23/h4-5,12,23-24H,2-3,6-11,13-15H2,1H3/t20-/m0/s1. The summed E-state index contributed by atoms with van der Waals surface area (Å²) in [4.78, 5) is 16.6. The second-order valence-corrected chi connectivity index (χ2v) is 7.70. The van der Waals surface area contributed by atoms with Crippen LogP contribution in [0.15, 0.2) is 18.2 Å². The van der Waals surface area contributed by atoms with Gasteiger partial charge in [0, 0.05) is 50.2 Å². The number of piperidine rings is 2. The van der Waals surface area contributed by atoms with Crippen LogP contribution in [0.4, 0.5) is 0 Å². The van der Waals surface area contributed by atoms with Gasteiger partial charge in [-0.25, -0.2) is 0 Å². The lowest BCUT2D eigenvalue weighted by Gasteiger charge is -2.48. The molecule has 6 nitrogen and oxygen atoms in total. The highest BCUT2D eigenvalue weighted by molar-refractivity contribution is 5.77. The number of phenolic OH excluding ortho intramolecular Hbond substituents is 1. The molecule has 1 aromatic carbocycles. The maximum absolute atomic E-state index is 12.2. The number of nitrogens with zero attached hydrogens (tertiary/aromatic N) is 2. The molecule has 3 rings (SSSR count). The first-order chi connectivity index (χ1) is 12.5. The van der Waals surface area contributed by atoms with E-state index in [0.29, 0.717) is 19.4 Å². The van der Waals surface area contributed by atoms with Gasteiger partial charge in [0.15, 0.2) is 0 Å². The Hall–Kier alpha value is -1.79. The number of carbonyl (C=O) groups is 1. The summed E-state index contributed by atoms with van der Waals surface area (Å²) >= 11 is 0. The zero-order valence-electron chi connectivity index (χ0n) is 15.6. The number of phenols is 1. The third-order valence-electron chi connectivity index (χ3n) is 5.73. The molecule has 1 atom stereocenters. The van der Waals surface area contributed by atoms with Gasteiger partial charge in [0.2, 0.25) is 5.91 Å². The third kappa shape index (κ3) is 4.30. The van der Waals surface area contributed by atoms with Crippen molar-refractivity contribution in [3.63, 3.8) is 0 Å². The van der Waals surface area contributed by atoms with Crippen molar-refractivity contribution < 1.29 is 19.7 Å². The van der Waals surface area contributed by atoms with Crippen molar-refractivity contribution in [1.82, 2.24) is 9.80 Å². The van der Waals surface area contributed by atoms with Gasteiger partial charge < -0.3 is 19.8 Å². The SMILES string of the molecule is COc1ccc(O)cc1CN1CCC[C@]2(CCC(=O)N(CCCO)C2)C1. The largest absolute Gasteiger partial charge is 0.508 e. The normalized spacial score (nSPS) is 24.2. The van der Waals surface area contributed by atoms with Crippen molar-refractivity contribution >= 4 is 5.91 Å². The summed E-state index contributed by atoms with van der Waals surface area (Å²) in [7, 11) is 1.65. The minimum absolute atomic E-state index is 0.125. The zero-order chi connectivity index (χ0) is 18.6. The van der Waals surface area contributed by atoms with E-state index >= 15 is 0 Å². The molecule has 0 bridgehead atoms. The summed E-state index contributed by atoms with van der Waals surface area (Å²) in [5.41, 5.74) is 1.14. The lowest BCUT2D eigenvalue weighted by molar-refractivity contribution is -0.139. The zero-order valence-corrected chi connectivity index (χ0v) is 15.6. The molecule has 2 heterocycles. The number of amides is 1. The van der Waals surface area contributed by atoms with Crippen molar-refractivity contribution in [2.45, 2.75) is 38.6 Å². The van der Waals surface area contributed by atoms with Crippen molar-refractivity contribution in [1.29, 1.82) is 0 Å². The molecule has 1 aromatic rings. The highest BCUT2D eigenvalue weighted by Crippen LogP contribution is 2.39. The monoisotopic (exact) mass is 362 g/mol. The average Bonchev–Trinajstić information content (AvgIpc) is 2.63. The summed E-state index contributed by atoms with van der Waals surface area (Å²) < 4.78 is 5.44. The molecule has 2 fully saturated rings. The Kier molecular flexibility index (Phi) is 6.04. The van der Waals surface area contributed by atoms with Crippen molar-refractivity contribution in [3.05, 3.63) is 23.8 Å². The van der Waals surface area contributed by atoms with Crippen LogP contribution in [-0.4, -0.2) is 65.8 Å². The van der Waals surface area contributed by atoms with Gasteiger partial charge in [0.1, 0.15) is 11.5 Å². The number of carbonyl (C=O) groups excluding carboxylic acids is 1. The maximum Gasteiger partial charge on any atom is 0.222 e. The molecule has 0 saturated carbocycles. The first-order valence-electron chi connectivity index (χ1n) is 9.52. The van der Waals surface area contributed by atoms with Gasteiger partial charge in [0.25, 0.3) is 0 Å². The molecule has 0 unspecified atom stereocenters. The number of aliphatic hydroxyl groups is 1. The first kappa shape index (κ1) is 19.0. The van der Waals surface area contributed by atoms with Crippen LogP contribution < -0.4 is 4.74 Å². The van der Waals surface area contributed by atoms with E-state index in [1.54, 1.807) is 25.3 Å².